The van der Waals surface area contributed by atoms with E-state index in [0.717, 1.165) is 15.7 Å². The number of para-hydroxylation sites is 1. The maximum atomic E-state index is 11.7. The van der Waals surface area contributed by atoms with E-state index >= 15 is 0 Å². The van der Waals surface area contributed by atoms with Crippen LogP contribution in [-0.2, 0) is 6.61 Å². The van der Waals surface area contributed by atoms with Crippen LogP contribution in [0.3, 0.4) is 0 Å². The highest BCUT2D eigenvalue weighted by atomic mass is 16.5. The zero-order valence-corrected chi connectivity index (χ0v) is 7.90. The summed E-state index contributed by atoms with van der Waals surface area (Å²) in [5.74, 6) is 0. The molecule has 0 aliphatic rings. The van der Waals surface area contributed by atoms with Crippen molar-refractivity contribution in [2.24, 2.45) is 0 Å². The number of pyridine rings is 1. The first kappa shape index (κ1) is 8.97. The third kappa shape index (κ3) is 1.22. The minimum atomic E-state index is -0.227. The van der Waals surface area contributed by atoms with Gasteiger partial charge >= 0.3 is 0 Å². The molecule has 0 saturated heterocycles. The molecule has 14 heavy (non-hydrogen) atoms. The van der Waals surface area contributed by atoms with Gasteiger partial charge in [0.25, 0.3) is 0 Å². The molecule has 0 fully saturated rings. The first-order valence-electron chi connectivity index (χ1n) is 4.45. The van der Waals surface area contributed by atoms with Crippen molar-refractivity contribution in [1.82, 2.24) is 0 Å². The summed E-state index contributed by atoms with van der Waals surface area (Å²) < 4.78 is 0.780. The van der Waals surface area contributed by atoms with E-state index in [9.17, 15) is 5.21 Å². The van der Waals surface area contributed by atoms with E-state index in [1.165, 1.54) is 0 Å². The molecule has 0 radical (unpaired) electrons. The Kier molecular flexibility index (Phi) is 2.09. The van der Waals surface area contributed by atoms with Crippen LogP contribution in [0.5, 0.6) is 0 Å². The van der Waals surface area contributed by atoms with Gasteiger partial charge in [-0.2, -0.15) is 4.73 Å². The lowest BCUT2D eigenvalue weighted by Gasteiger charge is -2.07. The normalized spacial score (nSPS) is 10.7. The van der Waals surface area contributed by atoms with E-state index in [0.29, 0.717) is 11.2 Å². The standard InChI is InChI=1S/C11H11NO2/c1-8-6-9(7-13)12(14)11-5-3-2-4-10(8)11/h2-6,13H,7H2,1H3. The van der Waals surface area contributed by atoms with Crippen LogP contribution in [0.2, 0.25) is 0 Å². The highest BCUT2D eigenvalue weighted by Gasteiger charge is 2.11. The van der Waals surface area contributed by atoms with E-state index in [2.05, 4.69) is 0 Å². The Hall–Kier alpha value is -1.61. The van der Waals surface area contributed by atoms with E-state index in [1.54, 1.807) is 12.1 Å². The van der Waals surface area contributed by atoms with Crippen LogP contribution in [0.1, 0.15) is 11.3 Å². The molecule has 2 rings (SSSR count). The molecule has 0 unspecified atom stereocenters. The molecule has 0 saturated carbocycles. The lowest BCUT2D eigenvalue weighted by molar-refractivity contribution is -0.588. The zero-order valence-electron chi connectivity index (χ0n) is 7.90. The number of nitrogens with zero attached hydrogens (tertiary/aromatic N) is 1. The number of benzene rings is 1. The summed E-state index contributed by atoms with van der Waals surface area (Å²) in [5, 5.41) is 21.6. The highest BCUT2D eigenvalue weighted by molar-refractivity contribution is 5.79. The van der Waals surface area contributed by atoms with Gasteiger partial charge in [-0.15, -0.1) is 0 Å². The van der Waals surface area contributed by atoms with Gasteiger partial charge in [0.1, 0.15) is 6.61 Å². The molecule has 1 N–H and O–H groups in total. The second kappa shape index (κ2) is 3.27. The van der Waals surface area contributed by atoms with Crippen molar-refractivity contribution in [3.8, 4) is 0 Å². The van der Waals surface area contributed by atoms with Gasteiger partial charge in [0.2, 0.25) is 11.2 Å². The molecule has 72 valence electrons. The second-order valence-corrected chi connectivity index (χ2v) is 3.29. The molecule has 0 amide bonds. The maximum absolute atomic E-state index is 11.7. The minimum Gasteiger partial charge on any atom is -0.618 e. The zero-order chi connectivity index (χ0) is 10.1. The first-order chi connectivity index (χ1) is 6.74. The molecule has 0 bridgehead atoms. The summed E-state index contributed by atoms with van der Waals surface area (Å²) in [7, 11) is 0. The molecule has 0 aliphatic carbocycles. The Morgan fingerprint density at radius 2 is 2.07 bits per heavy atom. The molecular formula is C11H11NO2. The third-order valence-corrected chi connectivity index (χ3v) is 2.35. The average molecular weight is 189 g/mol. The molecule has 1 aromatic carbocycles. The Labute approximate surface area is 81.8 Å². The van der Waals surface area contributed by atoms with Gasteiger partial charge in [-0.3, -0.25) is 0 Å². The number of aliphatic hydroxyl groups excluding tert-OH is 1. The van der Waals surface area contributed by atoms with Gasteiger partial charge in [0.15, 0.2) is 0 Å². The maximum Gasteiger partial charge on any atom is 0.224 e. The molecule has 1 aromatic heterocycles. The fourth-order valence-corrected chi connectivity index (χ4v) is 1.64. The highest BCUT2D eigenvalue weighted by Crippen LogP contribution is 2.15. The predicted octanol–water partition coefficient (Wildman–Crippen LogP) is 1.27. The summed E-state index contributed by atoms with van der Waals surface area (Å²) >= 11 is 0. The van der Waals surface area contributed by atoms with Crippen LogP contribution in [0.4, 0.5) is 0 Å². The van der Waals surface area contributed by atoms with Crippen molar-refractivity contribution >= 4 is 10.9 Å². The van der Waals surface area contributed by atoms with E-state index < -0.39 is 0 Å². The quantitative estimate of drug-likeness (QED) is 0.542. The predicted molar refractivity (Wildman–Crippen MR) is 53.6 cm³/mol. The second-order valence-electron chi connectivity index (χ2n) is 3.29. The van der Waals surface area contributed by atoms with Crippen molar-refractivity contribution < 1.29 is 9.84 Å². The number of hydrogen-bond donors (Lipinski definition) is 1. The van der Waals surface area contributed by atoms with E-state index in [-0.39, 0.29) is 6.61 Å². The fourth-order valence-electron chi connectivity index (χ4n) is 1.64. The summed E-state index contributed by atoms with van der Waals surface area (Å²) in [5.41, 5.74) is 2.01. The van der Waals surface area contributed by atoms with Crippen LogP contribution in [-0.4, -0.2) is 5.11 Å². The molecule has 0 aliphatic heterocycles. The van der Waals surface area contributed by atoms with Gasteiger partial charge in [0.05, 0.1) is 5.39 Å². The van der Waals surface area contributed by atoms with Gasteiger partial charge in [-0.25, -0.2) is 0 Å². The summed E-state index contributed by atoms with van der Waals surface area (Å²) in [6, 6.07) is 9.09. The van der Waals surface area contributed by atoms with Crippen LogP contribution in [0, 0.1) is 12.1 Å². The Morgan fingerprint density at radius 3 is 2.79 bits per heavy atom. The Morgan fingerprint density at radius 1 is 1.36 bits per heavy atom. The van der Waals surface area contributed by atoms with Gasteiger partial charge in [-0.05, 0) is 18.6 Å². The Balaban J connectivity index is 2.87. The first-order valence-corrected chi connectivity index (χ1v) is 4.45. The van der Waals surface area contributed by atoms with Gasteiger partial charge in [-0.1, -0.05) is 12.1 Å². The molecule has 0 atom stereocenters. The summed E-state index contributed by atoms with van der Waals surface area (Å²) in [6.45, 7) is 1.71. The average Bonchev–Trinajstić information content (AvgIpc) is 2.23. The van der Waals surface area contributed by atoms with Crippen LogP contribution in [0.25, 0.3) is 10.9 Å². The van der Waals surface area contributed by atoms with Crippen LogP contribution in [0.15, 0.2) is 30.3 Å². The lowest BCUT2D eigenvalue weighted by Crippen LogP contribution is -2.33. The molecule has 1 heterocycles. The van der Waals surface area contributed by atoms with E-state index in [1.807, 2.05) is 25.1 Å². The fraction of sp³-hybridized carbons (Fsp3) is 0.182. The summed E-state index contributed by atoms with van der Waals surface area (Å²) in [4.78, 5) is 0. The molecule has 0 spiro atoms. The minimum absolute atomic E-state index is 0.227. The van der Waals surface area contributed by atoms with Gasteiger partial charge in [0, 0.05) is 12.1 Å². The number of fused-ring (bicyclic) bond motifs is 1. The van der Waals surface area contributed by atoms with Gasteiger partial charge < -0.3 is 10.3 Å². The SMILES string of the molecule is Cc1cc(CO)[n+]([O-])c2ccccc12. The van der Waals surface area contributed by atoms with Crippen molar-refractivity contribution in [3.63, 3.8) is 0 Å². The summed E-state index contributed by atoms with van der Waals surface area (Å²) in [6.07, 6.45) is 0. The van der Waals surface area contributed by atoms with E-state index in [4.69, 9.17) is 5.11 Å². The number of hydrogen-bond acceptors (Lipinski definition) is 2. The molecule has 3 nitrogen and oxygen atoms in total. The number of aromatic nitrogens is 1. The van der Waals surface area contributed by atoms with Crippen molar-refractivity contribution in [1.29, 1.82) is 0 Å². The number of aliphatic hydroxyl groups is 1. The number of aryl methyl sites for hydroxylation is 1. The molecular weight excluding hydrogens is 178 g/mol. The molecule has 3 heteroatoms. The van der Waals surface area contributed by atoms with Crippen molar-refractivity contribution in [2.45, 2.75) is 13.5 Å². The van der Waals surface area contributed by atoms with Crippen molar-refractivity contribution in [3.05, 3.63) is 46.8 Å². The lowest BCUT2D eigenvalue weighted by atomic mass is 10.1. The number of rotatable bonds is 1. The Bertz CT molecular complexity index is 480. The largest absolute Gasteiger partial charge is 0.618 e. The van der Waals surface area contributed by atoms with Crippen LogP contribution >= 0.6 is 0 Å². The van der Waals surface area contributed by atoms with Crippen molar-refractivity contribution in [2.75, 3.05) is 0 Å². The third-order valence-electron chi connectivity index (χ3n) is 2.35. The smallest absolute Gasteiger partial charge is 0.224 e. The van der Waals surface area contributed by atoms with Crippen LogP contribution < -0.4 is 4.73 Å². The molecule has 2 aromatic rings. The topological polar surface area (TPSA) is 47.2 Å². The monoisotopic (exact) mass is 189 g/mol.